The Balaban J connectivity index is 3.49. The summed E-state index contributed by atoms with van der Waals surface area (Å²) in [5, 5.41) is 0. The minimum Gasteiger partial charge on any atom is -0.465 e. The van der Waals surface area contributed by atoms with E-state index in [1.165, 1.54) is 26.4 Å². The molecular formula is C15H24O3. The molecule has 0 atom stereocenters. The zero-order valence-electron chi connectivity index (χ0n) is 11.4. The summed E-state index contributed by atoms with van der Waals surface area (Å²) in [4.78, 5) is 22.5. The summed E-state index contributed by atoms with van der Waals surface area (Å²) in [6.45, 7) is 7.12. The van der Waals surface area contributed by atoms with E-state index in [4.69, 9.17) is 0 Å². The van der Waals surface area contributed by atoms with Crippen molar-refractivity contribution in [2.24, 2.45) is 0 Å². The normalized spacial score (nSPS) is 9.83. The lowest BCUT2D eigenvalue weighted by molar-refractivity contribution is -0.137. The quantitative estimate of drug-likeness (QED) is 0.141. The lowest BCUT2D eigenvalue weighted by Crippen LogP contribution is -2.13. The molecule has 0 aliphatic carbocycles. The molecule has 0 bridgehead atoms. The first-order valence-corrected chi connectivity index (χ1v) is 6.54. The first-order chi connectivity index (χ1) is 8.63. The average Bonchev–Trinajstić information content (AvgIpc) is 2.39. The number of carbonyl (C=O) groups excluding carboxylic acids is 2. The predicted octanol–water partition coefficient (Wildman–Crippen LogP) is 3.59. The van der Waals surface area contributed by atoms with E-state index in [0.29, 0.717) is 6.42 Å². The fourth-order valence-corrected chi connectivity index (χ4v) is 1.67. The van der Waals surface area contributed by atoms with E-state index in [1.807, 2.05) is 6.08 Å². The van der Waals surface area contributed by atoms with Crippen LogP contribution in [0.4, 0.5) is 0 Å². The number of ether oxygens (including phenoxy) is 1. The van der Waals surface area contributed by atoms with Crippen molar-refractivity contribution in [2.45, 2.75) is 51.4 Å². The fraction of sp³-hybridized carbons (Fsp3) is 0.600. The van der Waals surface area contributed by atoms with E-state index < -0.39 is 5.97 Å². The van der Waals surface area contributed by atoms with Crippen LogP contribution >= 0.6 is 0 Å². The van der Waals surface area contributed by atoms with Crippen molar-refractivity contribution in [3.8, 4) is 0 Å². The molecule has 0 heterocycles. The van der Waals surface area contributed by atoms with Crippen LogP contribution in [0.3, 0.4) is 0 Å². The largest absolute Gasteiger partial charge is 0.465 e. The number of carbonyl (C=O) groups is 2. The fourth-order valence-electron chi connectivity index (χ4n) is 1.67. The molecule has 0 aromatic heterocycles. The van der Waals surface area contributed by atoms with Crippen molar-refractivity contribution in [1.82, 2.24) is 0 Å². The average molecular weight is 252 g/mol. The van der Waals surface area contributed by atoms with Crippen LogP contribution in [0, 0.1) is 0 Å². The van der Waals surface area contributed by atoms with Gasteiger partial charge in [0.1, 0.15) is 0 Å². The number of unbranched alkanes of at least 4 members (excludes halogenated alkanes) is 6. The molecule has 0 saturated heterocycles. The number of methoxy groups -OCH3 is 1. The van der Waals surface area contributed by atoms with Gasteiger partial charge in [0.05, 0.1) is 12.7 Å². The molecule has 102 valence electrons. The van der Waals surface area contributed by atoms with Crippen LogP contribution in [0.25, 0.3) is 0 Å². The van der Waals surface area contributed by atoms with Gasteiger partial charge in [0.2, 0.25) is 0 Å². The highest BCUT2D eigenvalue weighted by molar-refractivity contribution is 6.16. The third-order valence-electron chi connectivity index (χ3n) is 2.83. The van der Waals surface area contributed by atoms with Crippen LogP contribution in [0.2, 0.25) is 0 Å². The lowest BCUT2D eigenvalue weighted by atomic mass is 10.0. The zero-order valence-corrected chi connectivity index (χ0v) is 11.4. The summed E-state index contributed by atoms with van der Waals surface area (Å²) in [6, 6.07) is 0. The van der Waals surface area contributed by atoms with E-state index in [2.05, 4.69) is 17.9 Å². The van der Waals surface area contributed by atoms with E-state index in [0.717, 1.165) is 25.7 Å². The highest BCUT2D eigenvalue weighted by Crippen LogP contribution is 2.10. The Kier molecular flexibility index (Phi) is 9.93. The third-order valence-corrected chi connectivity index (χ3v) is 2.83. The van der Waals surface area contributed by atoms with Gasteiger partial charge in [-0.25, -0.2) is 4.79 Å². The SMILES string of the molecule is C=CCCCCCCCCC(=O)C(=C)C(=O)OC. The first kappa shape index (κ1) is 16.6. The Labute approximate surface area is 110 Å². The molecule has 0 aromatic carbocycles. The van der Waals surface area contributed by atoms with Gasteiger partial charge in [-0.2, -0.15) is 0 Å². The number of hydrogen-bond donors (Lipinski definition) is 0. The summed E-state index contributed by atoms with van der Waals surface area (Å²) in [7, 11) is 1.25. The molecule has 0 aromatic rings. The number of ketones is 1. The first-order valence-electron chi connectivity index (χ1n) is 6.54. The van der Waals surface area contributed by atoms with Gasteiger partial charge in [-0.1, -0.05) is 38.3 Å². The highest BCUT2D eigenvalue weighted by atomic mass is 16.5. The van der Waals surface area contributed by atoms with Crippen LogP contribution in [0.1, 0.15) is 51.4 Å². The maximum absolute atomic E-state index is 11.5. The van der Waals surface area contributed by atoms with Gasteiger partial charge < -0.3 is 4.74 Å². The Morgan fingerprint density at radius 2 is 1.61 bits per heavy atom. The Morgan fingerprint density at radius 1 is 1.06 bits per heavy atom. The molecule has 0 spiro atoms. The van der Waals surface area contributed by atoms with Gasteiger partial charge in [0.15, 0.2) is 5.78 Å². The monoisotopic (exact) mass is 252 g/mol. The zero-order chi connectivity index (χ0) is 13.8. The molecule has 0 unspecified atom stereocenters. The molecule has 0 saturated carbocycles. The summed E-state index contributed by atoms with van der Waals surface area (Å²) in [5.41, 5.74) is -0.0384. The number of Topliss-reactive ketones (excluding diaryl/α,β-unsaturated/α-hetero) is 1. The lowest BCUT2D eigenvalue weighted by Gasteiger charge is -2.03. The molecule has 0 fully saturated rings. The van der Waals surface area contributed by atoms with Crippen molar-refractivity contribution in [3.63, 3.8) is 0 Å². The van der Waals surface area contributed by atoms with Crippen LogP contribution < -0.4 is 0 Å². The maximum atomic E-state index is 11.5. The molecule has 0 N–H and O–H groups in total. The molecule has 3 heteroatoms. The van der Waals surface area contributed by atoms with Crippen LogP contribution in [-0.4, -0.2) is 18.9 Å². The van der Waals surface area contributed by atoms with Gasteiger partial charge in [-0.05, 0) is 19.3 Å². The predicted molar refractivity (Wildman–Crippen MR) is 73.3 cm³/mol. The van der Waals surface area contributed by atoms with Gasteiger partial charge in [-0.15, -0.1) is 6.58 Å². The Morgan fingerprint density at radius 3 is 2.17 bits per heavy atom. The van der Waals surface area contributed by atoms with Gasteiger partial charge >= 0.3 is 5.97 Å². The molecule has 0 aliphatic rings. The smallest absolute Gasteiger partial charge is 0.340 e. The minimum absolute atomic E-state index is 0.0384. The summed E-state index contributed by atoms with van der Waals surface area (Å²) < 4.78 is 4.45. The summed E-state index contributed by atoms with van der Waals surface area (Å²) in [5.74, 6) is -0.821. The number of rotatable bonds is 11. The molecule has 18 heavy (non-hydrogen) atoms. The summed E-state index contributed by atoms with van der Waals surface area (Å²) in [6.07, 6.45) is 9.99. The second-order valence-electron chi connectivity index (χ2n) is 4.34. The van der Waals surface area contributed by atoms with Crippen LogP contribution in [0.5, 0.6) is 0 Å². The summed E-state index contributed by atoms with van der Waals surface area (Å²) >= 11 is 0. The van der Waals surface area contributed by atoms with Crippen molar-refractivity contribution < 1.29 is 14.3 Å². The van der Waals surface area contributed by atoms with E-state index >= 15 is 0 Å². The molecule has 0 amide bonds. The van der Waals surface area contributed by atoms with Crippen molar-refractivity contribution in [3.05, 3.63) is 24.8 Å². The van der Waals surface area contributed by atoms with Crippen molar-refractivity contribution in [1.29, 1.82) is 0 Å². The minimum atomic E-state index is -0.621. The second kappa shape index (κ2) is 10.8. The van der Waals surface area contributed by atoms with Crippen molar-refractivity contribution in [2.75, 3.05) is 7.11 Å². The maximum Gasteiger partial charge on any atom is 0.340 e. The topological polar surface area (TPSA) is 43.4 Å². The third kappa shape index (κ3) is 7.82. The number of allylic oxidation sites excluding steroid dienone is 1. The Bertz CT molecular complexity index is 292. The van der Waals surface area contributed by atoms with Gasteiger partial charge in [-0.3, -0.25) is 4.79 Å². The van der Waals surface area contributed by atoms with E-state index in [9.17, 15) is 9.59 Å². The highest BCUT2D eigenvalue weighted by Gasteiger charge is 2.14. The second-order valence-corrected chi connectivity index (χ2v) is 4.34. The van der Waals surface area contributed by atoms with E-state index in [-0.39, 0.29) is 11.4 Å². The molecule has 3 nitrogen and oxygen atoms in total. The number of esters is 1. The molecule has 0 radical (unpaired) electrons. The van der Waals surface area contributed by atoms with Crippen molar-refractivity contribution >= 4 is 11.8 Å². The standard InChI is InChI=1S/C15H24O3/c1-4-5-6-7-8-9-10-11-12-14(16)13(2)15(17)18-3/h4H,1-2,5-12H2,3H3. The van der Waals surface area contributed by atoms with Gasteiger partial charge in [0.25, 0.3) is 0 Å². The van der Waals surface area contributed by atoms with Gasteiger partial charge in [0, 0.05) is 6.42 Å². The van der Waals surface area contributed by atoms with E-state index in [1.54, 1.807) is 0 Å². The molecule has 0 rings (SSSR count). The number of hydrogen-bond acceptors (Lipinski definition) is 3. The molecular weight excluding hydrogens is 228 g/mol. The van der Waals surface area contributed by atoms with Crippen LogP contribution in [0.15, 0.2) is 24.8 Å². The van der Waals surface area contributed by atoms with Crippen LogP contribution in [-0.2, 0) is 14.3 Å². The Hall–Kier alpha value is -1.38. The molecule has 0 aliphatic heterocycles.